The zero-order valence-electron chi connectivity index (χ0n) is 8.73. The van der Waals surface area contributed by atoms with E-state index in [-0.39, 0.29) is 5.56 Å². The summed E-state index contributed by atoms with van der Waals surface area (Å²) in [6.07, 6.45) is 2.06. The molecule has 3 N–H and O–H groups in total. The molecule has 0 unspecified atom stereocenters. The summed E-state index contributed by atoms with van der Waals surface area (Å²) < 4.78 is 0. The highest BCUT2D eigenvalue weighted by Gasteiger charge is 2.04. The van der Waals surface area contributed by atoms with Crippen LogP contribution >= 0.6 is 23.1 Å². The SMILES string of the molecule is NCCCCSc1nc2sccc2c(=O)[nH]1. The van der Waals surface area contributed by atoms with Crippen LogP contribution in [0, 0.1) is 0 Å². The van der Waals surface area contributed by atoms with Gasteiger partial charge in [-0.1, -0.05) is 11.8 Å². The van der Waals surface area contributed by atoms with Gasteiger partial charge in [-0.05, 0) is 30.8 Å². The number of hydrogen-bond acceptors (Lipinski definition) is 5. The molecule has 0 spiro atoms. The predicted molar refractivity (Wildman–Crippen MR) is 69.3 cm³/mol. The Hall–Kier alpha value is -0.850. The number of rotatable bonds is 5. The molecule has 0 fully saturated rings. The van der Waals surface area contributed by atoms with Crippen LogP contribution in [0.3, 0.4) is 0 Å². The molecule has 0 amide bonds. The number of aromatic amines is 1. The molecule has 86 valence electrons. The van der Waals surface area contributed by atoms with Crippen molar-refractivity contribution in [2.75, 3.05) is 12.3 Å². The van der Waals surface area contributed by atoms with Crippen LogP contribution in [0.4, 0.5) is 0 Å². The molecule has 6 heteroatoms. The number of nitrogens with zero attached hydrogens (tertiary/aromatic N) is 1. The maximum Gasteiger partial charge on any atom is 0.260 e. The maximum absolute atomic E-state index is 11.6. The number of hydrogen-bond donors (Lipinski definition) is 2. The summed E-state index contributed by atoms with van der Waals surface area (Å²) in [5.74, 6) is 0.941. The first kappa shape index (κ1) is 11.6. The van der Waals surface area contributed by atoms with Crippen molar-refractivity contribution >= 4 is 33.3 Å². The number of thioether (sulfide) groups is 1. The summed E-state index contributed by atoms with van der Waals surface area (Å²) in [6.45, 7) is 0.717. The van der Waals surface area contributed by atoms with E-state index in [9.17, 15) is 4.79 Å². The molecule has 4 nitrogen and oxygen atoms in total. The van der Waals surface area contributed by atoms with E-state index < -0.39 is 0 Å². The molecule has 16 heavy (non-hydrogen) atoms. The highest BCUT2D eigenvalue weighted by atomic mass is 32.2. The number of fused-ring (bicyclic) bond motifs is 1. The van der Waals surface area contributed by atoms with Gasteiger partial charge in [0, 0.05) is 5.75 Å². The number of aromatic nitrogens is 2. The Morgan fingerprint density at radius 2 is 2.38 bits per heavy atom. The van der Waals surface area contributed by atoms with Gasteiger partial charge in [-0.25, -0.2) is 4.98 Å². The van der Waals surface area contributed by atoms with Gasteiger partial charge in [0.25, 0.3) is 5.56 Å². The average molecular weight is 255 g/mol. The van der Waals surface area contributed by atoms with Crippen LogP contribution in [-0.4, -0.2) is 22.3 Å². The lowest BCUT2D eigenvalue weighted by Crippen LogP contribution is -2.07. The normalized spacial score (nSPS) is 11.1. The molecule has 0 aliphatic rings. The number of H-pyrrole nitrogens is 1. The van der Waals surface area contributed by atoms with E-state index in [4.69, 9.17) is 5.73 Å². The fourth-order valence-electron chi connectivity index (χ4n) is 1.33. The van der Waals surface area contributed by atoms with E-state index in [0.717, 1.165) is 23.4 Å². The summed E-state index contributed by atoms with van der Waals surface area (Å²) in [6, 6.07) is 1.80. The largest absolute Gasteiger partial charge is 0.330 e. The third-order valence-corrected chi connectivity index (χ3v) is 3.92. The van der Waals surface area contributed by atoms with Gasteiger partial charge in [0.15, 0.2) is 5.16 Å². The van der Waals surface area contributed by atoms with Crippen molar-refractivity contribution in [3.05, 3.63) is 21.8 Å². The topological polar surface area (TPSA) is 71.8 Å². The van der Waals surface area contributed by atoms with Crippen LogP contribution in [0.15, 0.2) is 21.4 Å². The van der Waals surface area contributed by atoms with Crippen LogP contribution in [-0.2, 0) is 0 Å². The van der Waals surface area contributed by atoms with Gasteiger partial charge in [0.2, 0.25) is 0 Å². The standard InChI is InChI=1S/C10H13N3OS2/c11-4-1-2-5-16-10-12-8(14)7-3-6-15-9(7)13-10/h3,6H,1-2,4-5,11H2,(H,12,13,14). The fourth-order valence-corrected chi connectivity index (χ4v) is 3.01. The minimum Gasteiger partial charge on any atom is -0.330 e. The Morgan fingerprint density at radius 3 is 3.19 bits per heavy atom. The van der Waals surface area contributed by atoms with E-state index in [1.807, 2.05) is 5.38 Å². The van der Waals surface area contributed by atoms with Gasteiger partial charge in [0.05, 0.1) is 5.39 Å². The van der Waals surface area contributed by atoms with Crippen molar-refractivity contribution in [3.63, 3.8) is 0 Å². The zero-order chi connectivity index (χ0) is 11.4. The Labute approximate surface area is 101 Å². The second kappa shape index (κ2) is 5.47. The fraction of sp³-hybridized carbons (Fsp3) is 0.400. The van der Waals surface area contributed by atoms with Gasteiger partial charge in [-0.3, -0.25) is 4.79 Å². The van der Waals surface area contributed by atoms with Gasteiger partial charge in [0.1, 0.15) is 4.83 Å². The summed E-state index contributed by atoms with van der Waals surface area (Å²) in [7, 11) is 0. The minimum atomic E-state index is -0.0485. The van der Waals surface area contributed by atoms with Crippen molar-refractivity contribution in [2.45, 2.75) is 18.0 Å². The summed E-state index contributed by atoms with van der Waals surface area (Å²) in [4.78, 5) is 19.6. The first-order valence-corrected chi connectivity index (χ1v) is 6.98. The first-order valence-electron chi connectivity index (χ1n) is 5.11. The van der Waals surface area contributed by atoms with Gasteiger partial charge in [-0.15, -0.1) is 11.3 Å². The van der Waals surface area contributed by atoms with Crippen LogP contribution in [0.25, 0.3) is 10.2 Å². The van der Waals surface area contributed by atoms with Gasteiger partial charge >= 0.3 is 0 Å². The Morgan fingerprint density at radius 1 is 1.50 bits per heavy atom. The third-order valence-electron chi connectivity index (χ3n) is 2.15. The molecule has 2 rings (SSSR count). The molecule has 0 saturated heterocycles. The lowest BCUT2D eigenvalue weighted by molar-refractivity contribution is 0.812. The summed E-state index contributed by atoms with van der Waals surface area (Å²) >= 11 is 3.07. The molecule has 0 aliphatic heterocycles. The van der Waals surface area contributed by atoms with Crippen LogP contribution in [0.2, 0.25) is 0 Å². The highest BCUT2D eigenvalue weighted by Crippen LogP contribution is 2.19. The monoisotopic (exact) mass is 255 g/mol. The molecule has 2 aromatic rings. The quantitative estimate of drug-likeness (QED) is 0.485. The van der Waals surface area contributed by atoms with Crippen molar-refractivity contribution in [2.24, 2.45) is 5.73 Å². The average Bonchev–Trinajstić information content (AvgIpc) is 2.73. The van der Waals surface area contributed by atoms with Crippen LogP contribution in [0.1, 0.15) is 12.8 Å². The number of unbranched alkanes of at least 4 members (excludes halogenated alkanes) is 1. The van der Waals surface area contributed by atoms with Gasteiger partial charge in [-0.2, -0.15) is 0 Å². The Bertz CT molecular complexity index is 520. The van der Waals surface area contributed by atoms with Crippen molar-refractivity contribution in [1.29, 1.82) is 0 Å². The van der Waals surface area contributed by atoms with E-state index in [0.29, 0.717) is 17.1 Å². The molecule has 0 atom stereocenters. The van der Waals surface area contributed by atoms with Crippen LogP contribution < -0.4 is 11.3 Å². The van der Waals surface area contributed by atoms with Crippen molar-refractivity contribution < 1.29 is 0 Å². The maximum atomic E-state index is 11.6. The zero-order valence-corrected chi connectivity index (χ0v) is 10.4. The first-order chi connectivity index (χ1) is 7.81. The lowest BCUT2D eigenvalue weighted by Gasteiger charge is -1.99. The van der Waals surface area contributed by atoms with Crippen LogP contribution in [0.5, 0.6) is 0 Å². The molecular formula is C10H13N3OS2. The summed E-state index contributed by atoms with van der Waals surface area (Å²) in [5.41, 5.74) is 5.36. The minimum absolute atomic E-state index is 0.0485. The molecule has 0 aromatic carbocycles. The molecule has 2 aromatic heterocycles. The number of nitrogens with one attached hydrogen (secondary N) is 1. The molecule has 0 radical (unpaired) electrons. The molecule has 0 bridgehead atoms. The van der Waals surface area contributed by atoms with E-state index in [1.165, 1.54) is 11.3 Å². The predicted octanol–water partition coefficient (Wildman–Crippen LogP) is 1.82. The van der Waals surface area contributed by atoms with E-state index >= 15 is 0 Å². The van der Waals surface area contributed by atoms with E-state index in [1.54, 1.807) is 17.8 Å². The second-order valence-electron chi connectivity index (χ2n) is 3.35. The molecular weight excluding hydrogens is 242 g/mol. The molecule has 0 aliphatic carbocycles. The Balaban J connectivity index is 2.10. The van der Waals surface area contributed by atoms with Gasteiger partial charge < -0.3 is 10.7 Å². The molecule has 0 saturated carbocycles. The second-order valence-corrected chi connectivity index (χ2v) is 5.33. The van der Waals surface area contributed by atoms with Crippen molar-refractivity contribution in [1.82, 2.24) is 9.97 Å². The third kappa shape index (κ3) is 2.63. The molecule has 2 heterocycles. The summed E-state index contributed by atoms with van der Waals surface area (Å²) in [5, 5.41) is 3.27. The smallest absolute Gasteiger partial charge is 0.260 e. The lowest BCUT2D eigenvalue weighted by atomic mass is 10.3. The van der Waals surface area contributed by atoms with Crippen molar-refractivity contribution in [3.8, 4) is 0 Å². The van der Waals surface area contributed by atoms with E-state index in [2.05, 4.69) is 9.97 Å². The number of nitrogens with two attached hydrogens (primary N) is 1. The number of thiophene rings is 1. The Kier molecular flexibility index (Phi) is 3.98. The highest BCUT2D eigenvalue weighted by molar-refractivity contribution is 7.99.